The number of hydrogen-bond acceptors (Lipinski definition) is 13. The van der Waals surface area contributed by atoms with Crippen LogP contribution in [0.5, 0.6) is 11.5 Å². The molecule has 2 spiro atoms. The topological polar surface area (TPSA) is 117 Å². The largest absolute Gasteiger partial charge is 0.459 e. The van der Waals surface area contributed by atoms with Crippen molar-refractivity contribution in [2.24, 2.45) is 28.1 Å². The highest BCUT2D eigenvalue weighted by Crippen LogP contribution is 2.84. The molecule has 10 atom stereocenters. The third-order valence-electron chi connectivity index (χ3n) is 11.2. The highest BCUT2D eigenvalue weighted by Gasteiger charge is 3.01. The summed E-state index contributed by atoms with van der Waals surface area (Å²) in [7, 11) is 0. The van der Waals surface area contributed by atoms with Gasteiger partial charge in [-0.1, -0.05) is 57.2 Å². The van der Waals surface area contributed by atoms with E-state index in [0.29, 0.717) is 17.9 Å². The third-order valence-corrected chi connectivity index (χ3v) is 11.5. The molecule has 8 rings (SSSR count). The maximum absolute atomic E-state index is 14.6. The van der Waals surface area contributed by atoms with Crippen LogP contribution in [0.1, 0.15) is 40.5 Å². The second-order valence-electron chi connectivity index (χ2n) is 14.1. The van der Waals surface area contributed by atoms with Gasteiger partial charge in [-0.25, -0.2) is 4.79 Å². The van der Waals surface area contributed by atoms with E-state index in [1.54, 1.807) is 43.3 Å². The number of hydrogen-bond donors (Lipinski definition) is 0. The summed E-state index contributed by atoms with van der Waals surface area (Å²) in [6.45, 7) is 7.72. The smallest absolute Gasteiger partial charge is 0.360 e. The van der Waals surface area contributed by atoms with Crippen molar-refractivity contribution in [2.75, 3.05) is 6.79 Å². The molecule has 47 heavy (non-hydrogen) atoms. The Morgan fingerprint density at radius 3 is 2.15 bits per heavy atom. The Bertz CT molecular complexity index is 1650. The molecule has 6 fully saturated rings. The van der Waals surface area contributed by atoms with Crippen LogP contribution in [0, 0.1) is 28.1 Å². The third kappa shape index (κ3) is 3.77. The number of rotatable bonds is 4. The summed E-state index contributed by atoms with van der Waals surface area (Å²) in [5.41, 5.74) is -6.54. The molecular formula is C34H34O11S2. The van der Waals surface area contributed by atoms with Crippen LogP contribution >= 0.6 is 24.4 Å². The van der Waals surface area contributed by atoms with Gasteiger partial charge < -0.3 is 42.6 Å². The summed E-state index contributed by atoms with van der Waals surface area (Å²) in [6, 6.07) is 17.9. The standard InChI is InChI=1S/C34H34O11S2/c1-18-24(35)41-23-16-31-22-15-21(30(2,3)4)32(31)26(43-28(46)39-19-11-7-5-8-12-19)37-17-38-27(32)44-34(31,25(36)42-22)33(18,23)45-29(47)40-20-13-9-6-10-14-20/h5-14,18,21-23,26-27H,15-17H2,1-4H3/t18-,21+,22?,23?,26-,27?,31?,32?,33-,34?/m1/s1. The van der Waals surface area contributed by atoms with Crippen LogP contribution in [-0.4, -0.2) is 65.2 Å². The fraction of sp³-hybridized carbons (Fsp3) is 0.529. The minimum Gasteiger partial charge on any atom is -0.459 e. The summed E-state index contributed by atoms with van der Waals surface area (Å²) in [5, 5.41) is -0.470. The lowest BCUT2D eigenvalue weighted by molar-refractivity contribution is -0.371. The maximum Gasteiger partial charge on any atom is 0.360 e. The maximum atomic E-state index is 14.6. The SMILES string of the molecule is C[C@@H]1C(=O)OC2CC34C5C[C@@H](C(C)(C)C)C36C(OCO[C@@H]6OC(=S)Oc3ccccc3)OC4(C(=O)O5)[C@]21OC(=S)Oc1ccccc1. The van der Waals surface area contributed by atoms with E-state index in [4.69, 9.17) is 67.1 Å². The Labute approximate surface area is 282 Å². The first-order valence-electron chi connectivity index (χ1n) is 15.6. The first-order chi connectivity index (χ1) is 22.4. The van der Waals surface area contributed by atoms with Crippen molar-refractivity contribution in [3.05, 3.63) is 60.7 Å². The van der Waals surface area contributed by atoms with Crippen LogP contribution in [-0.2, 0) is 42.7 Å². The number of esters is 2. The molecule has 4 aliphatic heterocycles. The Kier molecular flexibility index (Phi) is 6.79. The molecule has 6 aliphatic rings. The number of ether oxygens (including phenoxy) is 9. The van der Waals surface area contributed by atoms with Crippen molar-refractivity contribution in [3.8, 4) is 11.5 Å². The first kappa shape index (κ1) is 30.9. The van der Waals surface area contributed by atoms with Gasteiger partial charge in [0.1, 0.15) is 35.0 Å². The minimum atomic E-state index is -1.92. The molecule has 0 N–H and O–H groups in total. The van der Waals surface area contributed by atoms with Crippen molar-refractivity contribution in [1.29, 1.82) is 0 Å². The monoisotopic (exact) mass is 682 g/mol. The predicted octanol–water partition coefficient (Wildman–Crippen LogP) is 4.84. The van der Waals surface area contributed by atoms with E-state index in [2.05, 4.69) is 20.8 Å². The van der Waals surface area contributed by atoms with Gasteiger partial charge in [0.15, 0.2) is 13.1 Å². The zero-order chi connectivity index (χ0) is 33.0. The molecule has 13 heteroatoms. The highest BCUT2D eigenvalue weighted by atomic mass is 32.1. The molecule has 0 radical (unpaired) electrons. The van der Waals surface area contributed by atoms with Crippen LogP contribution in [0.15, 0.2) is 60.7 Å². The van der Waals surface area contributed by atoms with Crippen LogP contribution < -0.4 is 9.47 Å². The molecule has 4 saturated heterocycles. The van der Waals surface area contributed by atoms with Crippen molar-refractivity contribution in [2.45, 2.75) is 76.5 Å². The van der Waals surface area contributed by atoms with Crippen molar-refractivity contribution < 1.29 is 52.2 Å². The molecule has 6 unspecified atom stereocenters. The normalized spacial score (nSPS) is 40.8. The second kappa shape index (κ2) is 10.3. The van der Waals surface area contributed by atoms with Gasteiger partial charge in [0.2, 0.25) is 17.5 Å². The Morgan fingerprint density at radius 2 is 1.51 bits per heavy atom. The van der Waals surface area contributed by atoms with Crippen LogP contribution in [0.2, 0.25) is 0 Å². The quantitative estimate of drug-likeness (QED) is 0.324. The van der Waals surface area contributed by atoms with E-state index < -0.39 is 70.1 Å². The Hall–Kier alpha value is -3.36. The zero-order valence-electron chi connectivity index (χ0n) is 26.2. The molecule has 11 nitrogen and oxygen atoms in total. The van der Waals surface area contributed by atoms with E-state index in [9.17, 15) is 9.59 Å². The molecule has 2 aliphatic carbocycles. The van der Waals surface area contributed by atoms with Gasteiger partial charge in [-0.3, -0.25) is 4.79 Å². The van der Waals surface area contributed by atoms with Crippen LogP contribution in [0.25, 0.3) is 0 Å². The summed E-state index contributed by atoms with van der Waals surface area (Å²) in [6.07, 6.45) is -3.23. The molecule has 2 saturated carbocycles. The molecular weight excluding hydrogens is 648 g/mol. The first-order valence-corrected chi connectivity index (χ1v) is 16.5. The van der Waals surface area contributed by atoms with E-state index in [-0.39, 0.29) is 29.6 Å². The Morgan fingerprint density at radius 1 is 0.872 bits per heavy atom. The van der Waals surface area contributed by atoms with Gasteiger partial charge in [0, 0.05) is 30.9 Å². The number of para-hydroxylation sites is 2. The van der Waals surface area contributed by atoms with Gasteiger partial charge in [-0.05, 0) is 48.9 Å². The van der Waals surface area contributed by atoms with Gasteiger partial charge in [-0.15, -0.1) is 0 Å². The van der Waals surface area contributed by atoms with Crippen molar-refractivity contribution in [1.82, 2.24) is 0 Å². The van der Waals surface area contributed by atoms with E-state index in [1.165, 1.54) is 0 Å². The van der Waals surface area contributed by atoms with Gasteiger partial charge in [0.05, 0.1) is 5.41 Å². The van der Waals surface area contributed by atoms with E-state index in [1.807, 2.05) is 24.3 Å². The summed E-state index contributed by atoms with van der Waals surface area (Å²) in [4.78, 5) is 28.0. The Balaban J connectivity index is 1.28. The van der Waals surface area contributed by atoms with E-state index in [0.717, 1.165) is 0 Å². The number of carbonyl (C=O) groups excluding carboxylic acids is 2. The zero-order valence-corrected chi connectivity index (χ0v) is 27.8. The molecule has 2 aromatic carbocycles. The average molecular weight is 683 g/mol. The van der Waals surface area contributed by atoms with E-state index >= 15 is 0 Å². The summed E-state index contributed by atoms with van der Waals surface area (Å²) >= 11 is 11.2. The van der Waals surface area contributed by atoms with Gasteiger partial charge in [0.25, 0.3) is 0 Å². The number of carbonyl (C=O) groups is 2. The number of thiocarbonyl (C=S) groups is 2. The van der Waals surface area contributed by atoms with Crippen molar-refractivity contribution in [3.63, 3.8) is 0 Å². The predicted molar refractivity (Wildman–Crippen MR) is 169 cm³/mol. The van der Waals surface area contributed by atoms with Crippen LogP contribution in [0.4, 0.5) is 0 Å². The number of fused-ring (bicyclic) bond motifs is 1. The molecule has 2 aromatic rings. The fourth-order valence-corrected chi connectivity index (χ4v) is 10.2. The summed E-state index contributed by atoms with van der Waals surface area (Å²) < 4.78 is 56.7. The fourth-order valence-electron chi connectivity index (χ4n) is 9.74. The van der Waals surface area contributed by atoms with Gasteiger partial charge in [-0.2, -0.15) is 0 Å². The highest BCUT2D eigenvalue weighted by molar-refractivity contribution is 7.80. The molecule has 248 valence electrons. The summed E-state index contributed by atoms with van der Waals surface area (Å²) in [5.74, 6) is -1.62. The number of benzene rings is 2. The van der Waals surface area contributed by atoms with Crippen molar-refractivity contribution >= 4 is 46.8 Å². The lowest BCUT2D eigenvalue weighted by Crippen LogP contribution is -2.68. The average Bonchev–Trinajstić information content (AvgIpc) is 3.69. The second-order valence-corrected chi connectivity index (χ2v) is 14.7. The van der Waals surface area contributed by atoms with Gasteiger partial charge >= 0.3 is 22.4 Å². The molecule has 0 aromatic heterocycles. The molecule has 0 amide bonds. The van der Waals surface area contributed by atoms with Crippen LogP contribution in [0.3, 0.4) is 0 Å². The molecule has 0 bridgehead atoms. The molecule has 4 heterocycles. The lowest BCUT2D eigenvalue weighted by atomic mass is 9.52. The minimum absolute atomic E-state index is 0.120. The lowest BCUT2D eigenvalue weighted by Gasteiger charge is -2.53.